The van der Waals surface area contributed by atoms with Gasteiger partial charge in [-0.1, -0.05) is 22.0 Å². The minimum absolute atomic E-state index is 0.251. The number of hydrogen-bond acceptors (Lipinski definition) is 1. The summed E-state index contributed by atoms with van der Waals surface area (Å²) in [7, 11) is 0. The van der Waals surface area contributed by atoms with Gasteiger partial charge in [0.2, 0.25) is 0 Å². The molecule has 0 amide bonds. The van der Waals surface area contributed by atoms with Gasteiger partial charge in [0, 0.05) is 22.3 Å². The van der Waals surface area contributed by atoms with Crippen molar-refractivity contribution in [2.45, 2.75) is 13.5 Å². The van der Waals surface area contributed by atoms with E-state index in [4.69, 9.17) is 0 Å². The molecule has 0 atom stereocenters. The summed E-state index contributed by atoms with van der Waals surface area (Å²) in [5, 5.41) is 3.10. The maximum absolute atomic E-state index is 13.4. The van der Waals surface area contributed by atoms with E-state index in [0.717, 1.165) is 27.9 Å². The van der Waals surface area contributed by atoms with Crippen molar-refractivity contribution in [3.05, 3.63) is 63.6 Å². The van der Waals surface area contributed by atoms with Crippen LogP contribution < -0.4 is 5.32 Å². The van der Waals surface area contributed by atoms with Gasteiger partial charge in [0.1, 0.15) is 11.6 Å². The van der Waals surface area contributed by atoms with Crippen LogP contribution in [0, 0.1) is 18.6 Å². The molecule has 0 bridgehead atoms. The first kappa shape index (κ1) is 13.0. The minimum atomic E-state index is -0.431. The van der Waals surface area contributed by atoms with Gasteiger partial charge in [-0.3, -0.25) is 0 Å². The molecule has 2 aromatic rings. The molecular formula is C14H12BrF2N. The number of nitrogens with one attached hydrogen (secondary N) is 1. The highest BCUT2D eigenvalue weighted by Crippen LogP contribution is 2.24. The molecule has 0 fully saturated rings. The van der Waals surface area contributed by atoms with Crippen molar-refractivity contribution in [2.75, 3.05) is 5.32 Å². The van der Waals surface area contributed by atoms with Gasteiger partial charge >= 0.3 is 0 Å². The zero-order valence-corrected chi connectivity index (χ0v) is 11.4. The molecule has 0 saturated heterocycles. The standard InChI is InChI=1S/C14H12BrF2N/c1-9-12(15)3-2-4-14(9)18-8-10-7-11(16)5-6-13(10)17/h2-7,18H,8H2,1H3. The van der Waals surface area contributed by atoms with E-state index in [-0.39, 0.29) is 6.54 Å². The molecule has 0 aromatic heterocycles. The average molecular weight is 312 g/mol. The topological polar surface area (TPSA) is 12.0 Å². The summed E-state index contributed by atoms with van der Waals surface area (Å²) in [6.45, 7) is 2.20. The lowest BCUT2D eigenvalue weighted by Gasteiger charge is -2.11. The van der Waals surface area contributed by atoms with Crippen molar-refractivity contribution in [2.24, 2.45) is 0 Å². The second kappa shape index (κ2) is 5.48. The van der Waals surface area contributed by atoms with E-state index >= 15 is 0 Å². The third-order valence-corrected chi connectivity index (χ3v) is 3.60. The van der Waals surface area contributed by atoms with Crippen molar-refractivity contribution in [1.29, 1.82) is 0 Å². The summed E-state index contributed by atoms with van der Waals surface area (Å²) in [5.74, 6) is -0.837. The lowest BCUT2D eigenvalue weighted by atomic mass is 10.1. The fourth-order valence-corrected chi connectivity index (χ4v) is 2.03. The number of benzene rings is 2. The van der Waals surface area contributed by atoms with Crippen LogP contribution in [-0.2, 0) is 6.54 Å². The van der Waals surface area contributed by atoms with Crippen LogP contribution in [0.3, 0.4) is 0 Å². The molecule has 0 aliphatic carbocycles. The maximum atomic E-state index is 13.4. The SMILES string of the molecule is Cc1c(Br)cccc1NCc1cc(F)ccc1F. The van der Waals surface area contributed by atoms with Crippen LogP contribution in [0.2, 0.25) is 0 Å². The second-order valence-electron chi connectivity index (χ2n) is 4.00. The Kier molecular flexibility index (Phi) is 3.97. The van der Waals surface area contributed by atoms with Gasteiger partial charge in [-0.2, -0.15) is 0 Å². The molecule has 0 aliphatic heterocycles. The average Bonchev–Trinajstić information content (AvgIpc) is 2.35. The molecule has 0 radical (unpaired) electrons. The van der Waals surface area contributed by atoms with Gasteiger partial charge in [-0.15, -0.1) is 0 Å². The van der Waals surface area contributed by atoms with Crippen LogP contribution in [0.5, 0.6) is 0 Å². The maximum Gasteiger partial charge on any atom is 0.128 e. The summed E-state index contributed by atoms with van der Waals surface area (Å²) in [6.07, 6.45) is 0. The van der Waals surface area contributed by atoms with Crippen molar-refractivity contribution in [3.63, 3.8) is 0 Å². The van der Waals surface area contributed by atoms with E-state index in [1.807, 2.05) is 25.1 Å². The molecule has 0 aliphatic rings. The van der Waals surface area contributed by atoms with Crippen LogP contribution in [0.25, 0.3) is 0 Å². The summed E-state index contributed by atoms with van der Waals surface area (Å²) in [6, 6.07) is 9.18. The molecule has 1 N–H and O–H groups in total. The first-order chi connectivity index (χ1) is 8.58. The largest absolute Gasteiger partial charge is 0.381 e. The first-order valence-electron chi connectivity index (χ1n) is 5.51. The zero-order chi connectivity index (χ0) is 13.1. The highest BCUT2D eigenvalue weighted by atomic mass is 79.9. The highest BCUT2D eigenvalue weighted by molar-refractivity contribution is 9.10. The lowest BCUT2D eigenvalue weighted by molar-refractivity contribution is 0.587. The quantitative estimate of drug-likeness (QED) is 0.870. The van der Waals surface area contributed by atoms with Gasteiger partial charge in [0.15, 0.2) is 0 Å². The molecule has 2 aromatic carbocycles. The number of rotatable bonds is 3. The van der Waals surface area contributed by atoms with Gasteiger partial charge in [-0.05, 0) is 42.8 Å². The molecular weight excluding hydrogens is 300 g/mol. The van der Waals surface area contributed by atoms with Crippen molar-refractivity contribution in [1.82, 2.24) is 0 Å². The van der Waals surface area contributed by atoms with Crippen molar-refractivity contribution in [3.8, 4) is 0 Å². The zero-order valence-electron chi connectivity index (χ0n) is 9.81. The molecule has 0 spiro atoms. The van der Waals surface area contributed by atoms with Crippen LogP contribution >= 0.6 is 15.9 Å². The fourth-order valence-electron chi connectivity index (χ4n) is 1.67. The van der Waals surface area contributed by atoms with E-state index in [1.54, 1.807) is 0 Å². The first-order valence-corrected chi connectivity index (χ1v) is 6.30. The third kappa shape index (κ3) is 2.88. The molecule has 0 heterocycles. The predicted octanol–water partition coefficient (Wildman–Crippen LogP) is 4.65. The summed E-state index contributed by atoms with van der Waals surface area (Å²) in [5.41, 5.74) is 2.25. The van der Waals surface area contributed by atoms with Crippen LogP contribution in [-0.4, -0.2) is 0 Å². The smallest absolute Gasteiger partial charge is 0.128 e. The Balaban J connectivity index is 2.16. The number of anilines is 1. The van der Waals surface area contributed by atoms with Gasteiger partial charge in [0.25, 0.3) is 0 Å². The van der Waals surface area contributed by atoms with E-state index in [9.17, 15) is 8.78 Å². The van der Waals surface area contributed by atoms with E-state index < -0.39 is 11.6 Å². The molecule has 0 unspecified atom stereocenters. The van der Waals surface area contributed by atoms with E-state index in [2.05, 4.69) is 21.2 Å². The Bertz CT molecular complexity index is 568. The Morgan fingerprint density at radius 3 is 2.72 bits per heavy atom. The normalized spacial score (nSPS) is 10.4. The van der Waals surface area contributed by atoms with Crippen LogP contribution in [0.1, 0.15) is 11.1 Å². The minimum Gasteiger partial charge on any atom is -0.381 e. The molecule has 2 rings (SSSR count). The van der Waals surface area contributed by atoms with Gasteiger partial charge in [-0.25, -0.2) is 8.78 Å². The lowest BCUT2D eigenvalue weighted by Crippen LogP contribution is -2.03. The fraction of sp³-hybridized carbons (Fsp3) is 0.143. The molecule has 0 saturated carbocycles. The van der Waals surface area contributed by atoms with Crippen molar-refractivity contribution >= 4 is 21.6 Å². The van der Waals surface area contributed by atoms with Crippen LogP contribution in [0.4, 0.5) is 14.5 Å². The second-order valence-corrected chi connectivity index (χ2v) is 4.86. The predicted molar refractivity (Wildman–Crippen MR) is 72.6 cm³/mol. The Hall–Kier alpha value is -1.42. The molecule has 4 heteroatoms. The Morgan fingerprint density at radius 2 is 1.94 bits per heavy atom. The summed E-state index contributed by atoms with van der Waals surface area (Å²) in [4.78, 5) is 0. The van der Waals surface area contributed by atoms with Gasteiger partial charge < -0.3 is 5.32 Å². The van der Waals surface area contributed by atoms with Crippen LogP contribution in [0.15, 0.2) is 40.9 Å². The third-order valence-electron chi connectivity index (χ3n) is 2.74. The highest BCUT2D eigenvalue weighted by Gasteiger charge is 2.05. The number of hydrogen-bond donors (Lipinski definition) is 1. The van der Waals surface area contributed by atoms with Crippen molar-refractivity contribution < 1.29 is 8.78 Å². The Morgan fingerprint density at radius 1 is 1.17 bits per heavy atom. The number of halogens is 3. The summed E-state index contributed by atoms with van der Waals surface area (Å²) >= 11 is 3.42. The molecule has 1 nitrogen and oxygen atoms in total. The van der Waals surface area contributed by atoms with E-state index in [0.29, 0.717) is 5.56 Å². The molecule has 94 valence electrons. The summed E-state index contributed by atoms with van der Waals surface area (Å²) < 4.78 is 27.4. The Labute approximate surface area is 113 Å². The van der Waals surface area contributed by atoms with E-state index in [1.165, 1.54) is 6.07 Å². The monoisotopic (exact) mass is 311 g/mol. The molecule has 18 heavy (non-hydrogen) atoms. The van der Waals surface area contributed by atoms with Gasteiger partial charge in [0.05, 0.1) is 0 Å².